The van der Waals surface area contributed by atoms with E-state index in [1.54, 1.807) is 13.2 Å². The van der Waals surface area contributed by atoms with Crippen LogP contribution in [0, 0.1) is 0 Å². The van der Waals surface area contributed by atoms with Crippen LogP contribution in [0.15, 0.2) is 16.2 Å². The van der Waals surface area contributed by atoms with E-state index in [4.69, 9.17) is 10.5 Å². The molecule has 0 saturated heterocycles. The van der Waals surface area contributed by atoms with Gasteiger partial charge >= 0.3 is 5.69 Å². The maximum absolute atomic E-state index is 11.0. The zero-order valence-corrected chi connectivity index (χ0v) is 8.67. The lowest BCUT2D eigenvalue weighted by Crippen LogP contribution is -2.15. The fraction of sp³-hybridized carbons (Fsp3) is 0.125. The molecule has 2 aromatic heterocycles. The van der Waals surface area contributed by atoms with Crippen LogP contribution in [0.5, 0.6) is 5.75 Å². The molecule has 0 atom stereocenters. The van der Waals surface area contributed by atoms with Gasteiger partial charge in [-0.2, -0.15) is 9.97 Å². The first-order valence-corrected chi connectivity index (χ1v) is 4.94. The lowest BCUT2D eigenvalue weighted by molar-refractivity contribution is 0.417. The molecule has 15 heavy (non-hydrogen) atoms. The van der Waals surface area contributed by atoms with Gasteiger partial charge in [-0.25, -0.2) is 4.79 Å². The van der Waals surface area contributed by atoms with Crippen molar-refractivity contribution in [3.8, 4) is 16.5 Å². The zero-order valence-electron chi connectivity index (χ0n) is 7.85. The monoisotopic (exact) mass is 224 g/mol. The Morgan fingerprint density at radius 3 is 2.93 bits per heavy atom. The van der Waals surface area contributed by atoms with Gasteiger partial charge in [0.25, 0.3) is 0 Å². The topological polar surface area (TPSA) is 93.9 Å². The average molecular weight is 224 g/mol. The van der Waals surface area contributed by atoms with Crippen molar-refractivity contribution in [3.63, 3.8) is 0 Å². The summed E-state index contributed by atoms with van der Waals surface area (Å²) < 4.78 is 5.02. The van der Waals surface area contributed by atoms with Crippen LogP contribution in [0.3, 0.4) is 0 Å². The first-order valence-electron chi connectivity index (χ1n) is 4.06. The van der Waals surface area contributed by atoms with Gasteiger partial charge < -0.3 is 10.5 Å². The van der Waals surface area contributed by atoms with Crippen molar-refractivity contribution in [1.29, 1.82) is 0 Å². The summed E-state index contributed by atoms with van der Waals surface area (Å²) in [5, 5.41) is 1.81. The highest BCUT2D eigenvalue weighted by Crippen LogP contribution is 2.27. The second-order valence-electron chi connectivity index (χ2n) is 2.71. The molecule has 2 heterocycles. The van der Waals surface area contributed by atoms with E-state index in [2.05, 4.69) is 15.0 Å². The van der Waals surface area contributed by atoms with E-state index in [9.17, 15) is 4.79 Å². The van der Waals surface area contributed by atoms with Crippen molar-refractivity contribution >= 4 is 17.3 Å². The SMILES string of the molecule is COc1csc(-c2nc(N)nc(=O)[nH]2)c1. The van der Waals surface area contributed by atoms with Gasteiger partial charge in [0.05, 0.1) is 12.0 Å². The number of nitrogens with zero attached hydrogens (tertiary/aromatic N) is 2. The van der Waals surface area contributed by atoms with Crippen LogP contribution >= 0.6 is 11.3 Å². The van der Waals surface area contributed by atoms with Crippen molar-refractivity contribution in [3.05, 3.63) is 21.9 Å². The summed E-state index contributed by atoms with van der Waals surface area (Å²) in [5.74, 6) is 1.08. The number of anilines is 1. The molecule has 0 saturated carbocycles. The minimum absolute atomic E-state index is 0.0406. The van der Waals surface area contributed by atoms with E-state index in [0.29, 0.717) is 11.6 Å². The summed E-state index contributed by atoms with van der Waals surface area (Å²) in [6.07, 6.45) is 0. The molecule has 0 aromatic carbocycles. The molecule has 78 valence electrons. The molecule has 0 unspecified atom stereocenters. The van der Waals surface area contributed by atoms with Crippen LogP contribution in [0.4, 0.5) is 5.95 Å². The Morgan fingerprint density at radius 1 is 1.53 bits per heavy atom. The Balaban J connectivity index is 2.48. The molecule has 3 N–H and O–H groups in total. The van der Waals surface area contributed by atoms with Gasteiger partial charge in [0.15, 0.2) is 5.82 Å². The number of aromatic amines is 1. The standard InChI is InChI=1S/C8H8N4O2S/c1-14-4-2-5(15-3-4)6-10-7(9)12-8(13)11-6/h2-3H,1H3,(H3,9,10,11,12,13). The molecule has 0 fully saturated rings. The summed E-state index contributed by atoms with van der Waals surface area (Å²) in [5.41, 5.74) is 4.86. The van der Waals surface area contributed by atoms with Crippen molar-refractivity contribution in [2.45, 2.75) is 0 Å². The van der Waals surface area contributed by atoms with Crippen LogP contribution in [0.25, 0.3) is 10.7 Å². The maximum Gasteiger partial charge on any atom is 0.349 e. The van der Waals surface area contributed by atoms with Gasteiger partial charge in [0, 0.05) is 11.4 Å². The first kappa shape index (κ1) is 9.66. The predicted octanol–water partition coefficient (Wildman–Crippen LogP) is 0.484. The minimum Gasteiger partial charge on any atom is -0.496 e. The molecule has 0 bridgehead atoms. The lowest BCUT2D eigenvalue weighted by Gasteiger charge is -1.96. The summed E-state index contributed by atoms with van der Waals surface area (Å²) in [6, 6.07) is 1.77. The molecule has 0 spiro atoms. The van der Waals surface area contributed by atoms with Crippen molar-refractivity contribution < 1.29 is 4.74 Å². The molecule has 2 aromatic rings. The fourth-order valence-corrected chi connectivity index (χ4v) is 1.87. The Kier molecular flexibility index (Phi) is 2.38. The van der Waals surface area contributed by atoms with Gasteiger partial charge in [0.2, 0.25) is 5.95 Å². The number of nitrogens with one attached hydrogen (secondary N) is 1. The van der Waals surface area contributed by atoms with Crippen LogP contribution in [-0.4, -0.2) is 22.1 Å². The highest BCUT2D eigenvalue weighted by molar-refractivity contribution is 7.13. The highest BCUT2D eigenvalue weighted by Gasteiger charge is 2.06. The Labute approximate surface area is 88.8 Å². The molecule has 0 aliphatic heterocycles. The summed E-state index contributed by atoms with van der Waals surface area (Å²) in [6.45, 7) is 0. The van der Waals surface area contributed by atoms with Crippen molar-refractivity contribution in [2.24, 2.45) is 0 Å². The van der Waals surface area contributed by atoms with Crippen LogP contribution in [0.1, 0.15) is 0 Å². The molecule has 0 aliphatic carbocycles. The number of rotatable bonds is 2. The molecule has 2 rings (SSSR count). The number of hydrogen-bond acceptors (Lipinski definition) is 6. The number of thiophene rings is 1. The molecular formula is C8H8N4O2S. The quantitative estimate of drug-likeness (QED) is 0.774. The zero-order chi connectivity index (χ0) is 10.8. The molecule has 6 nitrogen and oxygen atoms in total. The summed E-state index contributed by atoms with van der Waals surface area (Å²) >= 11 is 1.40. The van der Waals surface area contributed by atoms with Gasteiger partial charge in [-0.3, -0.25) is 4.98 Å². The summed E-state index contributed by atoms with van der Waals surface area (Å²) in [7, 11) is 1.57. The average Bonchev–Trinajstić information content (AvgIpc) is 2.64. The third kappa shape index (κ3) is 1.96. The number of ether oxygens (including phenoxy) is 1. The Bertz CT molecular complexity index is 533. The van der Waals surface area contributed by atoms with E-state index in [0.717, 1.165) is 4.88 Å². The number of hydrogen-bond donors (Lipinski definition) is 2. The molecular weight excluding hydrogens is 216 g/mol. The minimum atomic E-state index is -0.509. The van der Waals surface area contributed by atoms with E-state index in [1.807, 2.05) is 5.38 Å². The third-order valence-electron chi connectivity index (χ3n) is 1.71. The van der Waals surface area contributed by atoms with E-state index >= 15 is 0 Å². The molecule has 7 heteroatoms. The first-order chi connectivity index (χ1) is 7.19. The van der Waals surface area contributed by atoms with Crippen LogP contribution in [0.2, 0.25) is 0 Å². The van der Waals surface area contributed by atoms with E-state index < -0.39 is 5.69 Å². The van der Waals surface area contributed by atoms with E-state index in [-0.39, 0.29) is 5.95 Å². The second kappa shape index (κ2) is 3.70. The van der Waals surface area contributed by atoms with Crippen molar-refractivity contribution in [1.82, 2.24) is 15.0 Å². The second-order valence-corrected chi connectivity index (χ2v) is 3.62. The Morgan fingerprint density at radius 2 is 2.33 bits per heavy atom. The molecule has 0 aliphatic rings. The van der Waals surface area contributed by atoms with Gasteiger partial charge in [-0.15, -0.1) is 11.3 Å². The number of nitrogens with two attached hydrogens (primary N) is 1. The number of methoxy groups -OCH3 is 1. The number of H-pyrrole nitrogens is 1. The van der Waals surface area contributed by atoms with Crippen molar-refractivity contribution in [2.75, 3.05) is 12.8 Å². The third-order valence-corrected chi connectivity index (χ3v) is 2.63. The molecule has 0 radical (unpaired) electrons. The highest BCUT2D eigenvalue weighted by atomic mass is 32.1. The smallest absolute Gasteiger partial charge is 0.349 e. The lowest BCUT2D eigenvalue weighted by atomic mass is 10.4. The fourth-order valence-electron chi connectivity index (χ4n) is 1.07. The normalized spacial score (nSPS) is 10.2. The largest absolute Gasteiger partial charge is 0.496 e. The van der Waals surface area contributed by atoms with Crippen LogP contribution in [-0.2, 0) is 0 Å². The van der Waals surface area contributed by atoms with Gasteiger partial charge in [-0.1, -0.05) is 0 Å². The van der Waals surface area contributed by atoms with Gasteiger partial charge in [-0.05, 0) is 0 Å². The van der Waals surface area contributed by atoms with Gasteiger partial charge in [0.1, 0.15) is 5.75 Å². The summed E-state index contributed by atoms with van der Waals surface area (Å²) in [4.78, 5) is 21.7. The number of aromatic nitrogens is 3. The molecule has 0 amide bonds. The Hall–Kier alpha value is -1.89. The van der Waals surface area contributed by atoms with Crippen LogP contribution < -0.4 is 16.2 Å². The van der Waals surface area contributed by atoms with E-state index in [1.165, 1.54) is 11.3 Å². The maximum atomic E-state index is 11.0. The predicted molar refractivity (Wildman–Crippen MR) is 56.9 cm³/mol. The number of nitrogen functional groups attached to an aromatic ring is 1.